The van der Waals surface area contributed by atoms with E-state index in [9.17, 15) is 13.2 Å². The summed E-state index contributed by atoms with van der Waals surface area (Å²) in [5, 5.41) is 2.80. The normalized spacial score (nSPS) is 11.4. The molecule has 29 heavy (non-hydrogen) atoms. The van der Waals surface area contributed by atoms with Crippen LogP contribution >= 0.6 is 0 Å². The zero-order valence-corrected chi connectivity index (χ0v) is 16.6. The Morgan fingerprint density at radius 3 is 1.97 bits per heavy atom. The van der Waals surface area contributed by atoms with Gasteiger partial charge in [0.25, 0.3) is 0 Å². The Morgan fingerprint density at radius 1 is 0.897 bits per heavy atom. The van der Waals surface area contributed by atoms with E-state index in [1.54, 1.807) is 24.1 Å². The summed E-state index contributed by atoms with van der Waals surface area (Å²) in [7, 11) is 1.73. The summed E-state index contributed by atoms with van der Waals surface area (Å²) in [6.45, 7) is 4.08. The number of aromatic nitrogens is 2. The lowest BCUT2D eigenvalue weighted by molar-refractivity contribution is -0.137. The number of alkyl halides is 3. The number of benzene rings is 2. The largest absolute Gasteiger partial charge is 0.421 e. The molecule has 0 unspecified atom stereocenters. The number of halogens is 3. The number of nitrogens with zero attached hydrogens (tertiary/aromatic N) is 3. The monoisotopic (exact) mass is 400 g/mol. The molecular weight excluding hydrogens is 377 g/mol. The molecule has 0 radical (unpaired) electrons. The van der Waals surface area contributed by atoms with Crippen molar-refractivity contribution in [1.82, 2.24) is 9.97 Å². The first-order chi connectivity index (χ1) is 13.8. The summed E-state index contributed by atoms with van der Waals surface area (Å²) in [4.78, 5) is 9.79. The van der Waals surface area contributed by atoms with Crippen molar-refractivity contribution in [3.05, 3.63) is 71.4 Å². The summed E-state index contributed by atoms with van der Waals surface area (Å²) in [5.41, 5.74) is 2.70. The first kappa shape index (κ1) is 20.6. The van der Waals surface area contributed by atoms with Gasteiger partial charge in [-0.2, -0.15) is 18.2 Å². The summed E-state index contributed by atoms with van der Waals surface area (Å²) in [6, 6.07) is 15.0. The van der Waals surface area contributed by atoms with Crippen LogP contribution in [-0.4, -0.2) is 17.0 Å². The van der Waals surface area contributed by atoms with Crippen LogP contribution < -0.4 is 10.2 Å². The van der Waals surface area contributed by atoms with Crippen LogP contribution in [0.3, 0.4) is 0 Å². The molecule has 1 aromatic heterocycles. The van der Waals surface area contributed by atoms with Gasteiger partial charge in [0, 0.05) is 24.6 Å². The van der Waals surface area contributed by atoms with Gasteiger partial charge in [0.15, 0.2) is 0 Å². The molecule has 0 fully saturated rings. The molecule has 3 aromatic rings. The van der Waals surface area contributed by atoms with Crippen molar-refractivity contribution in [2.45, 2.75) is 32.9 Å². The van der Waals surface area contributed by atoms with E-state index in [2.05, 4.69) is 22.2 Å². The van der Waals surface area contributed by atoms with E-state index in [1.165, 1.54) is 5.56 Å². The van der Waals surface area contributed by atoms with Crippen molar-refractivity contribution in [2.24, 2.45) is 0 Å². The molecule has 1 heterocycles. The van der Waals surface area contributed by atoms with Crippen LogP contribution in [0.4, 0.5) is 36.3 Å². The Labute approximate surface area is 168 Å². The molecule has 0 atom stereocenters. The minimum Gasteiger partial charge on any atom is -0.340 e. The van der Waals surface area contributed by atoms with Crippen LogP contribution in [-0.2, 0) is 19.0 Å². The Morgan fingerprint density at radius 2 is 1.45 bits per heavy atom. The number of rotatable bonds is 6. The fraction of sp³-hybridized carbons (Fsp3) is 0.273. The fourth-order valence-corrected chi connectivity index (χ4v) is 2.87. The Hall–Kier alpha value is -3.09. The number of nitrogens with one attached hydrogen (secondary N) is 1. The second-order valence-electron chi connectivity index (χ2n) is 6.68. The average molecular weight is 400 g/mol. The molecule has 4 nitrogen and oxygen atoms in total. The van der Waals surface area contributed by atoms with E-state index in [-0.39, 0.29) is 11.8 Å². The zero-order valence-electron chi connectivity index (χ0n) is 16.6. The second-order valence-corrected chi connectivity index (χ2v) is 6.68. The number of hydrogen-bond donors (Lipinski definition) is 1. The third kappa shape index (κ3) is 4.85. The van der Waals surface area contributed by atoms with E-state index in [0.29, 0.717) is 5.69 Å². The lowest BCUT2D eigenvalue weighted by Crippen LogP contribution is -2.17. The summed E-state index contributed by atoms with van der Waals surface area (Å²) in [6.07, 6.45) is -1.98. The lowest BCUT2D eigenvalue weighted by atomic mass is 10.1. The predicted molar refractivity (Wildman–Crippen MR) is 110 cm³/mol. The van der Waals surface area contributed by atoms with Gasteiger partial charge in [0.05, 0.1) is 0 Å². The highest BCUT2D eigenvalue weighted by molar-refractivity contribution is 5.64. The van der Waals surface area contributed by atoms with Crippen molar-refractivity contribution >= 4 is 23.1 Å². The molecule has 7 heteroatoms. The molecular formula is C22H23F3N4. The minimum absolute atomic E-state index is 0.176. The minimum atomic E-state index is -4.56. The third-order valence-electron chi connectivity index (χ3n) is 4.74. The molecule has 0 bridgehead atoms. The SMILES string of the molecule is CCc1ccc(Nc2nc(N(C)c3ccc(CC)cc3)ncc2C(F)(F)F)cc1. The lowest BCUT2D eigenvalue weighted by Gasteiger charge is -2.20. The molecule has 0 aliphatic heterocycles. The van der Waals surface area contributed by atoms with Gasteiger partial charge in [-0.1, -0.05) is 38.1 Å². The van der Waals surface area contributed by atoms with Gasteiger partial charge in [-0.15, -0.1) is 0 Å². The van der Waals surface area contributed by atoms with Crippen molar-refractivity contribution < 1.29 is 13.2 Å². The maximum Gasteiger partial charge on any atom is 0.421 e. The first-order valence-electron chi connectivity index (χ1n) is 9.44. The highest BCUT2D eigenvalue weighted by atomic mass is 19.4. The topological polar surface area (TPSA) is 41.1 Å². The first-order valence-corrected chi connectivity index (χ1v) is 9.44. The zero-order chi connectivity index (χ0) is 21.0. The molecule has 0 spiro atoms. The maximum atomic E-state index is 13.5. The number of hydrogen-bond acceptors (Lipinski definition) is 4. The molecule has 2 aromatic carbocycles. The highest BCUT2D eigenvalue weighted by Crippen LogP contribution is 2.36. The summed E-state index contributed by atoms with van der Waals surface area (Å²) < 4.78 is 40.4. The smallest absolute Gasteiger partial charge is 0.340 e. The Bertz CT molecular complexity index is 951. The van der Waals surface area contributed by atoms with E-state index in [1.807, 2.05) is 43.3 Å². The molecule has 0 aliphatic carbocycles. The summed E-state index contributed by atoms with van der Waals surface area (Å²) in [5.74, 6) is -0.0984. The Kier molecular flexibility index (Phi) is 6.06. The fourth-order valence-electron chi connectivity index (χ4n) is 2.87. The van der Waals surface area contributed by atoms with Crippen LogP contribution in [0.1, 0.15) is 30.5 Å². The van der Waals surface area contributed by atoms with Gasteiger partial charge in [0.2, 0.25) is 5.95 Å². The number of anilines is 4. The van der Waals surface area contributed by atoms with Crippen molar-refractivity contribution in [3.8, 4) is 0 Å². The van der Waals surface area contributed by atoms with Crippen LogP contribution in [0.15, 0.2) is 54.7 Å². The van der Waals surface area contributed by atoms with Crippen LogP contribution in [0.25, 0.3) is 0 Å². The van der Waals surface area contributed by atoms with Crippen LogP contribution in [0.2, 0.25) is 0 Å². The molecule has 3 rings (SSSR count). The van der Waals surface area contributed by atoms with Gasteiger partial charge < -0.3 is 10.2 Å². The maximum absolute atomic E-state index is 13.5. The van der Waals surface area contributed by atoms with Crippen LogP contribution in [0, 0.1) is 0 Å². The highest BCUT2D eigenvalue weighted by Gasteiger charge is 2.35. The van der Waals surface area contributed by atoms with Gasteiger partial charge >= 0.3 is 6.18 Å². The van der Waals surface area contributed by atoms with E-state index < -0.39 is 11.7 Å². The van der Waals surface area contributed by atoms with E-state index >= 15 is 0 Å². The molecule has 0 saturated heterocycles. The van der Waals surface area contributed by atoms with Gasteiger partial charge in [-0.25, -0.2) is 4.98 Å². The van der Waals surface area contributed by atoms with E-state index in [0.717, 1.165) is 30.3 Å². The Balaban J connectivity index is 1.95. The quantitative estimate of drug-likeness (QED) is 0.540. The van der Waals surface area contributed by atoms with Crippen LogP contribution in [0.5, 0.6) is 0 Å². The number of aryl methyl sites for hydroxylation is 2. The average Bonchev–Trinajstić information content (AvgIpc) is 2.73. The van der Waals surface area contributed by atoms with Gasteiger partial charge in [0.1, 0.15) is 11.4 Å². The molecule has 1 N–H and O–H groups in total. The predicted octanol–water partition coefficient (Wildman–Crippen LogP) is 6.13. The van der Waals surface area contributed by atoms with Crippen molar-refractivity contribution in [1.29, 1.82) is 0 Å². The van der Waals surface area contributed by atoms with Gasteiger partial charge in [-0.3, -0.25) is 0 Å². The molecule has 0 amide bonds. The standard InChI is InChI=1S/C22H23F3N4/c1-4-15-6-10-17(11-7-15)27-20-19(22(23,24)25)14-26-21(28-20)29(3)18-12-8-16(5-2)9-13-18/h6-14H,4-5H2,1-3H3,(H,26,27,28). The molecule has 152 valence electrons. The van der Waals surface area contributed by atoms with Gasteiger partial charge in [-0.05, 0) is 48.2 Å². The van der Waals surface area contributed by atoms with Crippen molar-refractivity contribution in [3.63, 3.8) is 0 Å². The summed E-state index contributed by atoms with van der Waals surface area (Å²) >= 11 is 0. The molecule has 0 saturated carbocycles. The van der Waals surface area contributed by atoms with E-state index in [4.69, 9.17) is 0 Å². The van der Waals surface area contributed by atoms with Crippen molar-refractivity contribution in [2.75, 3.05) is 17.3 Å². The second kappa shape index (κ2) is 8.51. The molecule has 0 aliphatic rings. The third-order valence-corrected chi connectivity index (χ3v) is 4.74.